The number of carbonyl (C=O) groups is 1. The van der Waals surface area contributed by atoms with Crippen LogP contribution in [-0.4, -0.2) is 58.3 Å². The third kappa shape index (κ3) is 2.25. The molecule has 18 heavy (non-hydrogen) atoms. The monoisotopic (exact) mass is 275 g/mol. The minimum atomic E-state index is -1.18. The molecule has 0 radical (unpaired) electrons. The van der Waals surface area contributed by atoms with E-state index in [1.54, 1.807) is 0 Å². The molecule has 0 spiro atoms. The molecule has 1 aliphatic heterocycles. The van der Waals surface area contributed by atoms with Crippen molar-refractivity contribution in [3.05, 3.63) is 16.1 Å². The molecule has 0 aromatic carbocycles. The van der Waals surface area contributed by atoms with Gasteiger partial charge in [0.15, 0.2) is 5.69 Å². The largest absolute Gasteiger partial charge is 0.464 e. The minimum Gasteiger partial charge on any atom is -0.464 e. The maximum absolute atomic E-state index is 11.2. The highest BCUT2D eigenvalue weighted by Gasteiger charge is 2.44. The topological polar surface area (TPSA) is 109 Å². The lowest BCUT2D eigenvalue weighted by Gasteiger charge is -2.11. The number of ether oxygens (including phenoxy) is 2. The van der Waals surface area contributed by atoms with Crippen LogP contribution in [-0.2, 0) is 9.47 Å². The van der Waals surface area contributed by atoms with E-state index >= 15 is 0 Å². The van der Waals surface area contributed by atoms with E-state index in [2.05, 4.69) is 9.72 Å². The number of esters is 1. The van der Waals surface area contributed by atoms with Gasteiger partial charge in [-0.05, 0) is 0 Å². The summed E-state index contributed by atoms with van der Waals surface area (Å²) in [5.41, 5.74) is 0.121. The number of aliphatic hydroxyl groups is 3. The predicted molar refractivity (Wildman–Crippen MR) is 60.2 cm³/mol. The molecule has 0 unspecified atom stereocenters. The van der Waals surface area contributed by atoms with Crippen molar-refractivity contribution < 1.29 is 29.6 Å². The fourth-order valence-corrected chi connectivity index (χ4v) is 2.58. The van der Waals surface area contributed by atoms with Crippen LogP contribution in [0.5, 0.6) is 0 Å². The number of carbonyl (C=O) groups excluding carboxylic acids is 1. The van der Waals surface area contributed by atoms with E-state index in [0.29, 0.717) is 5.01 Å². The highest BCUT2D eigenvalue weighted by atomic mass is 32.1. The highest BCUT2D eigenvalue weighted by molar-refractivity contribution is 7.09. The van der Waals surface area contributed by atoms with Crippen LogP contribution in [0.15, 0.2) is 5.38 Å². The number of thiazole rings is 1. The summed E-state index contributed by atoms with van der Waals surface area (Å²) in [6.07, 6.45) is -4.06. The Morgan fingerprint density at radius 2 is 2.28 bits per heavy atom. The summed E-state index contributed by atoms with van der Waals surface area (Å²) >= 11 is 1.12. The molecular formula is C10H13NO6S. The van der Waals surface area contributed by atoms with Gasteiger partial charge >= 0.3 is 5.97 Å². The van der Waals surface area contributed by atoms with E-state index < -0.39 is 37.0 Å². The van der Waals surface area contributed by atoms with Crippen LogP contribution < -0.4 is 0 Å². The third-order valence-corrected chi connectivity index (χ3v) is 3.61. The van der Waals surface area contributed by atoms with Crippen LogP contribution in [0.1, 0.15) is 21.6 Å². The van der Waals surface area contributed by atoms with E-state index in [-0.39, 0.29) is 5.69 Å². The zero-order chi connectivity index (χ0) is 13.3. The first kappa shape index (κ1) is 13.4. The quantitative estimate of drug-likeness (QED) is 0.612. The van der Waals surface area contributed by atoms with Gasteiger partial charge < -0.3 is 24.8 Å². The van der Waals surface area contributed by atoms with E-state index in [4.69, 9.17) is 9.84 Å². The second-order valence-electron chi connectivity index (χ2n) is 3.82. The molecule has 3 N–H and O–H groups in total. The highest BCUT2D eigenvalue weighted by Crippen LogP contribution is 2.34. The number of hydrogen-bond donors (Lipinski definition) is 3. The molecule has 1 aliphatic rings. The molecule has 1 saturated heterocycles. The van der Waals surface area contributed by atoms with E-state index in [0.717, 1.165) is 11.3 Å². The first-order valence-electron chi connectivity index (χ1n) is 5.24. The summed E-state index contributed by atoms with van der Waals surface area (Å²) in [5, 5.41) is 30.2. The fraction of sp³-hybridized carbons (Fsp3) is 0.600. The first-order chi connectivity index (χ1) is 8.58. The molecule has 2 rings (SSSR count). The maximum Gasteiger partial charge on any atom is 0.357 e. The smallest absolute Gasteiger partial charge is 0.357 e. The van der Waals surface area contributed by atoms with Crippen LogP contribution in [0.2, 0.25) is 0 Å². The Bertz CT molecular complexity index is 436. The molecule has 0 bridgehead atoms. The Hall–Kier alpha value is -1.06. The molecule has 1 aromatic heterocycles. The zero-order valence-electron chi connectivity index (χ0n) is 9.52. The maximum atomic E-state index is 11.2. The summed E-state index contributed by atoms with van der Waals surface area (Å²) in [4.78, 5) is 15.2. The fourth-order valence-electron chi connectivity index (χ4n) is 1.72. The second kappa shape index (κ2) is 5.29. The van der Waals surface area contributed by atoms with Gasteiger partial charge in [0.25, 0.3) is 0 Å². The normalized spacial score (nSPS) is 31.6. The van der Waals surface area contributed by atoms with Gasteiger partial charge in [-0.1, -0.05) is 0 Å². The van der Waals surface area contributed by atoms with Gasteiger partial charge in [-0.3, -0.25) is 0 Å². The summed E-state index contributed by atoms with van der Waals surface area (Å²) in [6, 6.07) is 0. The molecule has 1 fully saturated rings. The molecule has 7 nitrogen and oxygen atoms in total. The van der Waals surface area contributed by atoms with Crippen LogP contribution in [0, 0.1) is 0 Å². The summed E-state index contributed by atoms with van der Waals surface area (Å²) < 4.78 is 9.81. The van der Waals surface area contributed by atoms with Crippen molar-refractivity contribution in [2.75, 3.05) is 13.7 Å². The Labute approximate surface area is 107 Å². The SMILES string of the molecule is COC(=O)c1csc([C@@H]2O[C@@H](CO)[C@@H](O)[C@@H]2O)n1. The lowest BCUT2D eigenvalue weighted by atomic mass is 10.1. The van der Waals surface area contributed by atoms with Gasteiger partial charge in [-0.25, -0.2) is 9.78 Å². The van der Waals surface area contributed by atoms with Crippen LogP contribution in [0.3, 0.4) is 0 Å². The molecule has 4 atom stereocenters. The molecule has 0 saturated carbocycles. The summed E-state index contributed by atoms with van der Waals surface area (Å²) in [7, 11) is 1.24. The van der Waals surface area contributed by atoms with Crippen molar-refractivity contribution in [2.24, 2.45) is 0 Å². The Balaban J connectivity index is 2.17. The molecule has 2 heterocycles. The third-order valence-electron chi connectivity index (χ3n) is 2.70. The van der Waals surface area contributed by atoms with Gasteiger partial charge in [0, 0.05) is 5.38 Å². The van der Waals surface area contributed by atoms with Crippen molar-refractivity contribution in [1.82, 2.24) is 4.98 Å². The minimum absolute atomic E-state index is 0.121. The molecular weight excluding hydrogens is 262 g/mol. The molecule has 1 aromatic rings. The number of hydrogen-bond acceptors (Lipinski definition) is 8. The van der Waals surface area contributed by atoms with Crippen molar-refractivity contribution in [3.63, 3.8) is 0 Å². The Morgan fingerprint density at radius 3 is 2.83 bits per heavy atom. The molecule has 100 valence electrons. The Morgan fingerprint density at radius 1 is 1.56 bits per heavy atom. The van der Waals surface area contributed by atoms with Gasteiger partial charge in [0.05, 0.1) is 13.7 Å². The predicted octanol–water partition coefficient (Wildman–Crippen LogP) is -0.916. The number of nitrogens with zero attached hydrogens (tertiary/aromatic N) is 1. The van der Waals surface area contributed by atoms with Crippen molar-refractivity contribution in [2.45, 2.75) is 24.4 Å². The number of methoxy groups -OCH3 is 1. The summed E-state index contributed by atoms with van der Waals surface area (Å²) in [5.74, 6) is -0.579. The molecule has 8 heteroatoms. The van der Waals surface area contributed by atoms with Gasteiger partial charge in [-0.15, -0.1) is 11.3 Å². The van der Waals surface area contributed by atoms with Crippen LogP contribution >= 0.6 is 11.3 Å². The van der Waals surface area contributed by atoms with E-state index in [1.165, 1.54) is 12.5 Å². The van der Waals surface area contributed by atoms with Crippen LogP contribution in [0.4, 0.5) is 0 Å². The average Bonchev–Trinajstić information content (AvgIpc) is 2.96. The number of rotatable bonds is 3. The second-order valence-corrected chi connectivity index (χ2v) is 4.71. The average molecular weight is 275 g/mol. The van der Waals surface area contributed by atoms with Crippen molar-refractivity contribution in [1.29, 1.82) is 0 Å². The van der Waals surface area contributed by atoms with Crippen LogP contribution in [0.25, 0.3) is 0 Å². The first-order valence-corrected chi connectivity index (χ1v) is 6.12. The van der Waals surface area contributed by atoms with Gasteiger partial charge in [-0.2, -0.15) is 0 Å². The number of aromatic nitrogens is 1. The zero-order valence-corrected chi connectivity index (χ0v) is 10.3. The standard InChI is InChI=1S/C10H13NO6S/c1-16-10(15)4-3-18-9(11-4)8-7(14)6(13)5(2-12)17-8/h3,5-8,12-14H,2H2,1H3/t5-,6+,7-,8+/m0/s1. The van der Waals surface area contributed by atoms with Gasteiger partial charge in [0.2, 0.25) is 0 Å². The van der Waals surface area contributed by atoms with Gasteiger partial charge in [0.1, 0.15) is 29.4 Å². The Kier molecular flexibility index (Phi) is 3.93. The van der Waals surface area contributed by atoms with E-state index in [1.807, 2.05) is 0 Å². The summed E-state index contributed by atoms with van der Waals surface area (Å²) in [6.45, 7) is -0.399. The van der Waals surface area contributed by atoms with Crippen molar-refractivity contribution in [3.8, 4) is 0 Å². The molecule has 0 amide bonds. The lowest BCUT2D eigenvalue weighted by molar-refractivity contribution is -0.0228. The van der Waals surface area contributed by atoms with Crippen molar-refractivity contribution >= 4 is 17.3 Å². The molecule has 0 aliphatic carbocycles. The number of aliphatic hydroxyl groups excluding tert-OH is 3. The van der Waals surface area contributed by atoms with E-state index in [9.17, 15) is 15.0 Å². The lowest BCUT2D eigenvalue weighted by Crippen LogP contribution is -2.32.